The number of hydrogen-bond donors (Lipinski definition) is 1. The molecule has 2 aromatic carbocycles. The van der Waals surface area contributed by atoms with E-state index in [0.29, 0.717) is 29.6 Å². The van der Waals surface area contributed by atoms with Crippen molar-refractivity contribution >= 4 is 45.0 Å². The Labute approximate surface area is 170 Å². The van der Waals surface area contributed by atoms with Gasteiger partial charge in [-0.2, -0.15) is 13.2 Å². The van der Waals surface area contributed by atoms with Crippen molar-refractivity contribution in [3.05, 3.63) is 46.4 Å². The first-order chi connectivity index (χ1) is 13.2. The first-order valence-electron chi connectivity index (χ1n) is 9.09. The van der Waals surface area contributed by atoms with Gasteiger partial charge < -0.3 is 14.6 Å². The lowest BCUT2D eigenvalue weighted by atomic mass is 10.0. The second-order valence-electron chi connectivity index (χ2n) is 7.28. The Hall–Kier alpha value is -1.47. The van der Waals surface area contributed by atoms with E-state index in [1.807, 2.05) is 28.8 Å². The molecule has 0 aliphatic carbocycles. The molecule has 0 bridgehead atoms. The summed E-state index contributed by atoms with van der Waals surface area (Å²) >= 11 is 12.4. The number of fused-ring (bicyclic) bond motifs is 3. The minimum atomic E-state index is -4.19. The van der Waals surface area contributed by atoms with Gasteiger partial charge in [-0.25, -0.2) is 0 Å². The number of alkyl halides is 3. The largest absolute Gasteiger partial charge is 0.391 e. The Morgan fingerprint density at radius 2 is 1.57 bits per heavy atom. The SMILES string of the molecule is O[C@@H]1CCN(CCC(F)(F)F)C[C@H]1n1c2ccc(Cl)cc2c2cc(Cl)ccc21. The number of aliphatic hydroxyl groups excluding tert-OH is 1. The number of aliphatic hydroxyl groups is 1. The molecule has 0 saturated carbocycles. The highest BCUT2D eigenvalue weighted by Gasteiger charge is 2.34. The van der Waals surface area contributed by atoms with Crippen LogP contribution in [0.1, 0.15) is 18.9 Å². The van der Waals surface area contributed by atoms with Gasteiger partial charge in [0.05, 0.1) is 18.6 Å². The van der Waals surface area contributed by atoms with Crippen LogP contribution in [0, 0.1) is 0 Å². The Balaban J connectivity index is 1.78. The molecule has 1 aromatic heterocycles. The van der Waals surface area contributed by atoms with Gasteiger partial charge in [-0.3, -0.25) is 0 Å². The molecule has 0 amide bonds. The van der Waals surface area contributed by atoms with Crippen molar-refractivity contribution in [2.45, 2.75) is 31.2 Å². The smallest absolute Gasteiger partial charge is 0.390 e. The summed E-state index contributed by atoms with van der Waals surface area (Å²) < 4.78 is 39.9. The third kappa shape index (κ3) is 3.83. The van der Waals surface area contributed by atoms with E-state index in [9.17, 15) is 18.3 Å². The number of halogens is 5. The van der Waals surface area contributed by atoms with Crippen LogP contribution < -0.4 is 0 Å². The minimum absolute atomic E-state index is 0.0679. The van der Waals surface area contributed by atoms with Crippen molar-refractivity contribution in [2.75, 3.05) is 19.6 Å². The van der Waals surface area contributed by atoms with Crippen LogP contribution in [0.3, 0.4) is 0 Å². The van der Waals surface area contributed by atoms with E-state index in [-0.39, 0.29) is 12.6 Å². The Morgan fingerprint density at radius 1 is 1.00 bits per heavy atom. The fourth-order valence-corrected chi connectivity index (χ4v) is 4.43. The van der Waals surface area contributed by atoms with Gasteiger partial charge in [0.2, 0.25) is 0 Å². The van der Waals surface area contributed by atoms with Crippen molar-refractivity contribution in [3.63, 3.8) is 0 Å². The molecule has 4 rings (SSSR count). The van der Waals surface area contributed by atoms with Crippen LogP contribution in [-0.2, 0) is 0 Å². The van der Waals surface area contributed by atoms with Crippen LogP contribution >= 0.6 is 23.2 Å². The minimum Gasteiger partial charge on any atom is -0.391 e. The summed E-state index contributed by atoms with van der Waals surface area (Å²) in [6.07, 6.45) is -5.27. The van der Waals surface area contributed by atoms with E-state index in [4.69, 9.17) is 23.2 Å². The number of aromatic nitrogens is 1. The van der Waals surface area contributed by atoms with E-state index < -0.39 is 18.7 Å². The van der Waals surface area contributed by atoms with Gasteiger partial charge in [-0.15, -0.1) is 0 Å². The molecule has 0 radical (unpaired) electrons. The van der Waals surface area contributed by atoms with Crippen LogP contribution in [0.5, 0.6) is 0 Å². The predicted octanol–water partition coefficient (Wildman–Crippen LogP) is 5.66. The van der Waals surface area contributed by atoms with Gasteiger partial charge in [0.15, 0.2) is 0 Å². The molecule has 0 spiro atoms. The topological polar surface area (TPSA) is 28.4 Å². The Morgan fingerprint density at radius 3 is 2.11 bits per heavy atom. The third-order valence-corrected chi connectivity index (χ3v) is 5.87. The first kappa shape index (κ1) is 19.8. The van der Waals surface area contributed by atoms with Gasteiger partial charge in [-0.1, -0.05) is 23.2 Å². The highest BCUT2D eigenvalue weighted by Crippen LogP contribution is 2.37. The second-order valence-corrected chi connectivity index (χ2v) is 8.15. The summed E-state index contributed by atoms with van der Waals surface area (Å²) in [5.41, 5.74) is 1.76. The highest BCUT2D eigenvalue weighted by atomic mass is 35.5. The molecule has 150 valence electrons. The zero-order valence-corrected chi connectivity index (χ0v) is 16.4. The summed E-state index contributed by atoms with van der Waals surface area (Å²) in [5.74, 6) is 0. The number of likely N-dealkylation sites (tertiary alicyclic amines) is 1. The van der Waals surface area contributed by atoms with Crippen molar-refractivity contribution in [1.29, 1.82) is 0 Å². The van der Waals surface area contributed by atoms with Gasteiger partial charge in [0, 0.05) is 51.5 Å². The molecule has 1 aliphatic rings. The highest BCUT2D eigenvalue weighted by molar-refractivity contribution is 6.33. The van der Waals surface area contributed by atoms with E-state index in [1.165, 1.54) is 0 Å². The van der Waals surface area contributed by atoms with E-state index in [0.717, 1.165) is 21.8 Å². The van der Waals surface area contributed by atoms with Gasteiger partial charge in [0.1, 0.15) is 0 Å². The molecular formula is C20H19Cl2F3N2O. The number of nitrogens with zero attached hydrogens (tertiary/aromatic N) is 2. The lowest BCUT2D eigenvalue weighted by molar-refractivity contribution is -0.139. The molecule has 0 unspecified atom stereocenters. The van der Waals surface area contributed by atoms with Crippen LogP contribution in [0.2, 0.25) is 10.0 Å². The van der Waals surface area contributed by atoms with Crippen LogP contribution in [0.4, 0.5) is 13.2 Å². The molecule has 3 nitrogen and oxygen atoms in total. The van der Waals surface area contributed by atoms with Crippen LogP contribution in [0.15, 0.2) is 36.4 Å². The zero-order chi connectivity index (χ0) is 20.1. The molecule has 2 heterocycles. The lowest BCUT2D eigenvalue weighted by Gasteiger charge is -2.37. The maximum Gasteiger partial charge on any atom is 0.390 e. The predicted molar refractivity (Wildman–Crippen MR) is 106 cm³/mol. The standard InChI is InChI=1S/C20H19Cl2F3N2O/c21-12-1-3-16-14(9-12)15-10-13(22)2-4-17(15)27(16)18-11-26(7-5-19(18)28)8-6-20(23,24)25/h1-4,9-10,18-19,28H,5-8,11H2/t18-,19-/m1/s1. The number of piperidine rings is 1. The normalized spacial score (nSPS) is 21.6. The van der Waals surface area contributed by atoms with Crippen molar-refractivity contribution in [2.24, 2.45) is 0 Å². The Kier molecular flexibility index (Phi) is 5.25. The fraction of sp³-hybridized carbons (Fsp3) is 0.400. The first-order valence-corrected chi connectivity index (χ1v) is 9.84. The number of hydrogen-bond acceptors (Lipinski definition) is 2. The molecular weight excluding hydrogens is 412 g/mol. The Bertz CT molecular complexity index is 959. The average molecular weight is 431 g/mol. The molecule has 1 N–H and O–H groups in total. The quantitative estimate of drug-likeness (QED) is 0.580. The monoisotopic (exact) mass is 430 g/mol. The van der Waals surface area contributed by atoms with E-state index >= 15 is 0 Å². The van der Waals surface area contributed by atoms with Crippen molar-refractivity contribution in [1.82, 2.24) is 9.47 Å². The van der Waals surface area contributed by atoms with E-state index in [1.54, 1.807) is 17.0 Å². The van der Waals surface area contributed by atoms with Crippen LogP contribution in [0.25, 0.3) is 21.8 Å². The van der Waals surface area contributed by atoms with Crippen LogP contribution in [-0.4, -0.2) is 46.5 Å². The summed E-state index contributed by atoms with van der Waals surface area (Å²) in [6, 6.07) is 10.7. The maximum atomic E-state index is 12.6. The summed E-state index contributed by atoms with van der Waals surface area (Å²) in [6.45, 7) is 0.728. The summed E-state index contributed by atoms with van der Waals surface area (Å²) in [4.78, 5) is 1.77. The fourth-order valence-electron chi connectivity index (χ4n) is 4.08. The van der Waals surface area contributed by atoms with Gasteiger partial charge in [-0.05, 0) is 42.8 Å². The molecule has 1 aliphatic heterocycles. The molecule has 8 heteroatoms. The molecule has 1 saturated heterocycles. The summed E-state index contributed by atoms with van der Waals surface area (Å²) in [5, 5.41) is 13.7. The molecule has 2 atom stereocenters. The second kappa shape index (κ2) is 7.41. The van der Waals surface area contributed by atoms with Crippen molar-refractivity contribution < 1.29 is 18.3 Å². The maximum absolute atomic E-state index is 12.6. The number of rotatable bonds is 3. The average Bonchev–Trinajstić information content (AvgIpc) is 2.93. The molecule has 1 fully saturated rings. The van der Waals surface area contributed by atoms with E-state index in [2.05, 4.69) is 0 Å². The molecule has 3 aromatic rings. The number of benzene rings is 2. The zero-order valence-electron chi connectivity index (χ0n) is 14.9. The molecule has 28 heavy (non-hydrogen) atoms. The lowest BCUT2D eigenvalue weighted by Crippen LogP contribution is -2.45. The van der Waals surface area contributed by atoms with Gasteiger partial charge in [0.25, 0.3) is 0 Å². The third-order valence-electron chi connectivity index (χ3n) is 5.40. The summed E-state index contributed by atoms with van der Waals surface area (Å²) in [7, 11) is 0. The van der Waals surface area contributed by atoms with Crippen molar-refractivity contribution in [3.8, 4) is 0 Å². The van der Waals surface area contributed by atoms with Gasteiger partial charge >= 0.3 is 6.18 Å².